The average Bonchev–Trinajstić information content (AvgIpc) is 2.72. The van der Waals surface area contributed by atoms with Crippen LogP contribution in [0.4, 0.5) is 16.2 Å². The first-order valence-corrected chi connectivity index (χ1v) is 10.4. The van der Waals surface area contributed by atoms with Gasteiger partial charge in [-0.15, -0.1) is 0 Å². The number of piperidine rings is 1. The van der Waals surface area contributed by atoms with E-state index in [4.69, 9.17) is 4.74 Å². The van der Waals surface area contributed by atoms with E-state index in [0.717, 1.165) is 44.7 Å². The van der Waals surface area contributed by atoms with E-state index in [-0.39, 0.29) is 22.9 Å². The van der Waals surface area contributed by atoms with Crippen LogP contribution in [0.5, 0.6) is 5.75 Å². The SMILES string of the molecule is COc1cc(N2CCN(C3CCN(C(=O)O)C(C(C)(C)C)C3)CC2)ccc1[N+](=O)[O-]. The number of carboxylic acid groups (broad SMARTS) is 1. The molecule has 0 saturated carbocycles. The molecule has 1 N–H and O–H groups in total. The van der Waals surface area contributed by atoms with Crippen LogP contribution in [0.25, 0.3) is 0 Å². The largest absolute Gasteiger partial charge is 0.490 e. The summed E-state index contributed by atoms with van der Waals surface area (Å²) >= 11 is 0. The number of anilines is 1. The number of likely N-dealkylation sites (tertiary alicyclic amines) is 1. The summed E-state index contributed by atoms with van der Waals surface area (Å²) in [5.41, 5.74) is 0.789. The highest BCUT2D eigenvalue weighted by atomic mass is 16.6. The minimum Gasteiger partial charge on any atom is -0.490 e. The number of nitrogens with zero attached hydrogens (tertiary/aromatic N) is 4. The number of nitro groups is 1. The molecular formula is C21H32N4O5. The maximum absolute atomic E-state index is 11.7. The number of rotatable bonds is 4. The summed E-state index contributed by atoms with van der Waals surface area (Å²) in [4.78, 5) is 28.6. The minimum atomic E-state index is -0.828. The van der Waals surface area contributed by atoms with Crippen LogP contribution in [0.3, 0.4) is 0 Å². The lowest BCUT2D eigenvalue weighted by Gasteiger charge is -2.49. The van der Waals surface area contributed by atoms with E-state index in [1.807, 2.05) is 0 Å². The van der Waals surface area contributed by atoms with Crippen LogP contribution in [-0.2, 0) is 0 Å². The Morgan fingerprint density at radius 2 is 1.87 bits per heavy atom. The molecule has 1 amide bonds. The predicted molar refractivity (Wildman–Crippen MR) is 114 cm³/mol. The molecule has 9 heteroatoms. The Hall–Kier alpha value is -2.55. The molecular weight excluding hydrogens is 388 g/mol. The second kappa shape index (κ2) is 8.67. The van der Waals surface area contributed by atoms with E-state index in [9.17, 15) is 20.0 Å². The van der Waals surface area contributed by atoms with Crippen molar-refractivity contribution in [2.75, 3.05) is 44.7 Å². The van der Waals surface area contributed by atoms with Gasteiger partial charge in [0.15, 0.2) is 5.75 Å². The second-order valence-electron chi connectivity index (χ2n) is 9.17. The molecule has 30 heavy (non-hydrogen) atoms. The minimum absolute atomic E-state index is 0.00529. The fourth-order valence-electron chi connectivity index (χ4n) is 4.69. The van der Waals surface area contributed by atoms with Gasteiger partial charge < -0.3 is 19.6 Å². The quantitative estimate of drug-likeness (QED) is 0.589. The Labute approximate surface area is 177 Å². The van der Waals surface area contributed by atoms with Gasteiger partial charge >= 0.3 is 11.8 Å². The standard InChI is InChI=1S/C21H32N4O5/c1-21(2,3)19-14-16(7-8-24(19)20(26)27)23-11-9-22(10-12-23)15-5-6-17(25(28)29)18(13-15)30-4/h5-6,13,16,19H,7-12,14H2,1-4H3,(H,26,27). The Bertz CT molecular complexity index is 786. The fraction of sp³-hybridized carbons (Fsp3) is 0.667. The molecule has 2 fully saturated rings. The van der Waals surface area contributed by atoms with Gasteiger partial charge in [-0.1, -0.05) is 20.8 Å². The van der Waals surface area contributed by atoms with Crippen LogP contribution < -0.4 is 9.64 Å². The third-order valence-electron chi connectivity index (χ3n) is 6.38. The first-order chi connectivity index (χ1) is 14.1. The van der Waals surface area contributed by atoms with E-state index < -0.39 is 11.0 Å². The van der Waals surface area contributed by atoms with E-state index in [0.29, 0.717) is 12.6 Å². The first kappa shape index (κ1) is 22.1. The summed E-state index contributed by atoms with van der Waals surface area (Å²) in [6, 6.07) is 5.38. The third-order valence-corrected chi connectivity index (χ3v) is 6.38. The molecule has 2 atom stereocenters. The molecule has 2 saturated heterocycles. The van der Waals surface area contributed by atoms with E-state index >= 15 is 0 Å². The van der Waals surface area contributed by atoms with Crippen LogP contribution in [0, 0.1) is 15.5 Å². The van der Waals surface area contributed by atoms with Crippen LogP contribution in [0.15, 0.2) is 18.2 Å². The molecule has 1 aromatic carbocycles. The summed E-state index contributed by atoms with van der Waals surface area (Å²) in [5, 5.41) is 20.7. The van der Waals surface area contributed by atoms with Gasteiger partial charge in [-0.3, -0.25) is 15.0 Å². The fourth-order valence-corrected chi connectivity index (χ4v) is 4.69. The van der Waals surface area contributed by atoms with Crippen molar-refractivity contribution in [2.45, 2.75) is 45.7 Å². The van der Waals surface area contributed by atoms with Crippen LogP contribution >= 0.6 is 0 Å². The number of hydrogen-bond donors (Lipinski definition) is 1. The summed E-state index contributed by atoms with van der Waals surface area (Å²) in [7, 11) is 1.44. The van der Waals surface area contributed by atoms with Gasteiger partial charge in [0.1, 0.15) is 0 Å². The van der Waals surface area contributed by atoms with Crippen molar-refractivity contribution in [3.8, 4) is 5.75 Å². The predicted octanol–water partition coefficient (Wildman–Crippen LogP) is 3.28. The van der Waals surface area contributed by atoms with E-state index in [2.05, 4.69) is 30.6 Å². The van der Waals surface area contributed by atoms with Crippen LogP contribution in [0.2, 0.25) is 0 Å². The lowest BCUT2D eigenvalue weighted by molar-refractivity contribution is -0.385. The van der Waals surface area contributed by atoms with Crippen molar-refractivity contribution in [2.24, 2.45) is 5.41 Å². The van der Waals surface area contributed by atoms with Gasteiger partial charge in [0.05, 0.1) is 12.0 Å². The molecule has 1 aromatic rings. The molecule has 0 radical (unpaired) electrons. The Morgan fingerprint density at radius 1 is 1.20 bits per heavy atom. The van der Waals surface area contributed by atoms with Crippen molar-refractivity contribution < 1.29 is 19.6 Å². The Kier molecular flexibility index (Phi) is 6.40. The zero-order chi connectivity index (χ0) is 22.1. The molecule has 2 aliphatic rings. The Morgan fingerprint density at radius 3 is 2.40 bits per heavy atom. The molecule has 0 spiro atoms. The molecule has 2 heterocycles. The zero-order valence-electron chi connectivity index (χ0n) is 18.2. The topological polar surface area (TPSA) is 99.4 Å². The smallest absolute Gasteiger partial charge is 0.407 e. The highest BCUT2D eigenvalue weighted by Gasteiger charge is 2.40. The molecule has 0 bridgehead atoms. The van der Waals surface area contributed by atoms with Crippen LogP contribution in [0.1, 0.15) is 33.6 Å². The average molecular weight is 421 g/mol. The summed E-state index contributed by atoms with van der Waals surface area (Å²) in [6.07, 6.45) is 0.871. The molecule has 166 valence electrons. The van der Waals surface area contributed by atoms with Gasteiger partial charge in [0.2, 0.25) is 0 Å². The van der Waals surface area contributed by atoms with E-state index in [1.165, 1.54) is 13.2 Å². The van der Waals surface area contributed by atoms with Gasteiger partial charge in [0, 0.05) is 62.6 Å². The number of ether oxygens (including phenoxy) is 1. The number of methoxy groups -OCH3 is 1. The molecule has 2 aliphatic heterocycles. The van der Waals surface area contributed by atoms with Crippen molar-refractivity contribution in [1.29, 1.82) is 0 Å². The van der Waals surface area contributed by atoms with E-state index in [1.54, 1.807) is 17.0 Å². The zero-order valence-corrected chi connectivity index (χ0v) is 18.2. The molecule has 3 rings (SSSR count). The summed E-state index contributed by atoms with van der Waals surface area (Å²) in [5.74, 6) is 0.272. The van der Waals surface area contributed by atoms with Gasteiger partial charge in [-0.05, 0) is 24.3 Å². The number of hydrogen-bond acceptors (Lipinski definition) is 6. The summed E-state index contributed by atoms with van der Waals surface area (Å²) < 4.78 is 5.20. The highest BCUT2D eigenvalue weighted by molar-refractivity contribution is 5.65. The normalized spacial score (nSPS) is 23.3. The number of amides is 1. The highest BCUT2D eigenvalue weighted by Crippen LogP contribution is 2.35. The first-order valence-electron chi connectivity index (χ1n) is 10.4. The summed E-state index contributed by atoms with van der Waals surface area (Å²) in [6.45, 7) is 10.3. The number of carbonyl (C=O) groups is 1. The molecule has 2 unspecified atom stereocenters. The lowest BCUT2D eigenvalue weighted by atomic mass is 9.79. The molecule has 0 aromatic heterocycles. The third kappa shape index (κ3) is 4.61. The van der Waals surface area contributed by atoms with Crippen LogP contribution in [-0.4, -0.2) is 77.8 Å². The van der Waals surface area contributed by atoms with Gasteiger partial charge in [-0.2, -0.15) is 0 Å². The Balaban J connectivity index is 1.64. The number of piperazine rings is 1. The number of benzene rings is 1. The lowest BCUT2D eigenvalue weighted by Crippen LogP contribution is -2.58. The maximum Gasteiger partial charge on any atom is 0.407 e. The van der Waals surface area contributed by atoms with Crippen molar-refractivity contribution in [3.05, 3.63) is 28.3 Å². The number of nitro benzene ring substituents is 1. The van der Waals surface area contributed by atoms with Crippen molar-refractivity contribution in [1.82, 2.24) is 9.80 Å². The van der Waals surface area contributed by atoms with Crippen molar-refractivity contribution >= 4 is 17.5 Å². The maximum atomic E-state index is 11.7. The van der Waals surface area contributed by atoms with Crippen molar-refractivity contribution in [3.63, 3.8) is 0 Å². The molecule has 0 aliphatic carbocycles. The molecule has 9 nitrogen and oxygen atoms in total. The monoisotopic (exact) mass is 420 g/mol. The van der Waals surface area contributed by atoms with Gasteiger partial charge in [-0.25, -0.2) is 4.79 Å². The second-order valence-corrected chi connectivity index (χ2v) is 9.17. The van der Waals surface area contributed by atoms with Gasteiger partial charge in [0.25, 0.3) is 0 Å².